The molecule has 0 bridgehead atoms. The summed E-state index contributed by atoms with van der Waals surface area (Å²) in [4.78, 5) is 4.40. The van der Waals surface area contributed by atoms with Gasteiger partial charge in [0.1, 0.15) is 10.7 Å². The highest BCUT2D eigenvalue weighted by molar-refractivity contribution is 9.10. The number of hydrogen-bond donors (Lipinski definition) is 1. The van der Waals surface area contributed by atoms with Gasteiger partial charge in [0.05, 0.1) is 0 Å². The van der Waals surface area contributed by atoms with Crippen molar-refractivity contribution in [3.05, 3.63) is 16.7 Å². The molecule has 0 atom stereocenters. The molecule has 1 heterocycles. The van der Waals surface area contributed by atoms with E-state index in [0.29, 0.717) is 23.4 Å². The van der Waals surface area contributed by atoms with E-state index in [1.54, 1.807) is 19.3 Å². The first-order valence-electron chi connectivity index (χ1n) is 6.93. The zero-order valence-electron chi connectivity index (χ0n) is 13.3. The third-order valence-corrected chi connectivity index (χ3v) is 5.00. The van der Waals surface area contributed by atoms with E-state index in [4.69, 9.17) is 0 Å². The highest BCUT2D eigenvalue weighted by atomic mass is 79.9. The fraction of sp³-hybridized carbons (Fsp3) is 0.643. The standard InChI is InChI=1S/C14H24BrN3O2S/c1-6-7-16-13-12(8-11(15)9-17-13)21(19,20)18(5)10-14(2,3)4/h8-9H,6-7,10H2,1-5H3,(H,16,17). The summed E-state index contributed by atoms with van der Waals surface area (Å²) in [5, 5.41) is 3.08. The van der Waals surface area contributed by atoms with Crippen LogP contribution in [0.15, 0.2) is 21.6 Å². The van der Waals surface area contributed by atoms with Gasteiger partial charge in [-0.2, -0.15) is 0 Å². The van der Waals surface area contributed by atoms with E-state index < -0.39 is 10.0 Å². The fourth-order valence-electron chi connectivity index (χ4n) is 1.91. The molecule has 0 aliphatic rings. The second-order valence-electron chi connectivity index (χ2n) is 6.25. The summed E-state index contributed by atoms with van der Waals surface area (Å²) in [6.07, 6.45) is 2.50. The molecule has 1 aromatic rings. The van der Waals surface area contributed by atoms with Gasteiger partial charge in [0.15, 0.2) is 0 Å². The van der Waals surface area contributed by atoms with E-state index in [0.717, 1.165) is 6.42 Å². The first-order valence-corrected chi connectivity index (χ1v) is 9.17. The van der Waals surface area contributed by atoms with Gasteiger partial charge in [0.2, 0.25) is 10.0 Å². The van der Waals surface area contributed by atoms with Crippen molar-refractivity contribution in [2.24, 2.45) is 5.41 Å². The van der Waals surface area contributed by atoms with Gasteiger partial charge in [0.25, 0.3) is 0 Å². The molecule has 0 unspecified atom stereocenters. The van der Waals surface area contributed by atoms with Crippen LogP contribution in [-0.2, 0) is 10.0 Å². The zero-order valence-corrected chi connectivity index (χ0v) is 15.7. The highest BCUT2D eigenvalue weighted by Gasteiger charge is 2.28. The number of sulfonamides is 1. The molecule has 120 valence electrons. The largest absolute Gasteiger partial charge is 0.369 e. The molecule has 0 aromatic carbocycles. The van der Waals surface area contributed by atoms with Crippen molar-refractivity contribution in [2.75, 3.05) is 25.5 Å². The lowest BCUT2D eigenvalue weighted by Crippen LogP contribution is -2.35. The summed E-state index contributed by atoms with van der Waals surface area (Å²) in [6.45, 7) is 9.16. The lowest BCUT2D eigenvalue weighted by atomic mass is 9.97. The van der Waals surface area contributed by atoms with E-state index >= 15 is 0 Å². The maximum atomic E-state index is 12.8. The number of nitrogens with zero attached hydrogens (tertiary/aromatic N) is 2. The Morgan fingerprint density at radius 1 is 1.38 bits per heavy atom. The average Bonchev–Trinajstić information content (AvgIpc) is 2.35. The van der Waals surface area contributed by atoms with Crippen LogP contribution in [0.4, 0.5) is 5.82 Å². The lowest BCUT2D eigenvalue weighted by molar-refractivity contribution is 0.311. The van der Waals surface area contributed by atoms with Crippen molar-refractivity contribution < 1.29 is 8.42 Å². The molecule has 0 spiro atoms. The van der Waals surface area contributed by atoms with Gasteiger partial charge in [-0.15, -0.1) is 0 Å². The summed E-state index contributed by atoms with van der Waals surface area (Å²) in [5.74, 6) is 0.404. The number of rotatable bonds is 6. The van der Waals surface area contributed by atoms with Crippen LogP contribution in [0.2, 0.25) is 0 Å². The molecule has 0 saturated carbocycles. The summed E-state index contributed by atoms with van der Waals surface area (Å²) in [5.41, 5.74) is -0.113. The molecule has 0 aliphatic heterocycles. The number of pyridine rings is 1. The lowest BCUT2D eigenvalue weighted by Gasteiger charge is -2.26. The molecule has 1 aromatic heterocycles. The van der Waals surface area contributed by atoms with Crippen LogP contribution in [0.5, 0.6) is 0 Å². The summed E-state index contributed by atoms with van der Waals surface area (Å²) < 4.78 is 27.6. The number of aromatic nitrogens is 1. The maximum absolute atomic E-state index is 12.8. The van der Waals surface area contributed by atoms with Crippen LogP contribution in [0, 0.1) is 5.41 Å². The van der Waals surface area contributed by atoms with Crippen molar-refractivity contribution in [3.63, 3.8) is 0 Å². The van der Waals surface area contributed by atoms with Crippen LogP contribution < -0.4 is 5.32 Å². The molecule has 1 N–H and O–H groups in total. The zero-order chi connectivity index (χ0) is 16.3. The monoisotopic (exact) mass is 377 g/mol. The number of nitrogens with one attached hydrogen (secondary N) is 1. The van der Waals surface area contributed by atoms with Gasteiger partial charge in [-0.25, -0.2) is 17.7 Å². The Kier molecular flexibility index (Phi) is 6.19. The van der Waals surface area contributed by atoms with E-state index in [2.05, 4.69) is 26.2 Å². The Hall–Kier alpha value is -0.660. The molecule has 0 amide bonds. The molecule has 7 heteroatoms. The van der Waals surface area contributed by atoms with E-state index in [9.17, 15) is 8.42 Å². The minimum Gasteiger partial charge on any atom is -0.369 e. The third kappa shape index (κ3) is 5.23. The van der Waals surface area contributed by atoms with Crippen molar-refractivity contribution in [1.82, 2.24) is 9.29 Å². The summed E-state index contributed by atoms with van der Waals surface area (Å²) in [6, 6.07) is 1.60. The van der Waals surface area contributed by atoms with Crippen molar-refractivity contribution in [2.45, 2.75) is 39.0 Å². The maximum Gasteiger partial charge on any atom is 0.246 e. The number of anilines is 1. The molecule has 21 heavy (non-hydrogen) atoms. The summed E-state index contributed by atoms with van der Waals surface area (Å²) in [7, 11) is -1.98. The molecule has 0 fully saturated rings. The first kappa shape index (κ1) is 18.4. The smallest absolute Gasteiger partial charge is 0.246 e. The van der Waals surface area contributed by atoms with Crippen LogP contribution in [-0.4, -0.2) is 37.8 Å². The minimum absolute atomic E-state index is 0.113. The number of hydrogen-bond acceptors (Lipinski definition) is 4. The predicted molar refractivity (Wildman–Crippen MR) is 90.0 cm³/mol. The van der Waals surface area contributed by atoms with Gasteiger partial charge in [-0.1, -0.05) is 27.7 Å². The van der Waals surface area contributed by atoms with Gasteiger partial charge >= 0.3 is 0 Å². The second-order valence-corrected chi connectivity index (χ2v) is 9.18. The molecular formula is C14H24BrN3O2S. The van der Waals surface area contributed by atoms with E-state index in [1.807, 2.05) is 27.7 Å². The Labute approximate surface area is 136 Å². The molecule has 0 saturated heterocycles. The quantitative estimate of drug-likeness (QED) is 0.825. The Bertz CT molecular complexity index is 582. The van der Waals surface area contributed by atoms with Crippen LogP contribution in [0.3, 0.4) is 0 Å². The first-order chi connectivity index (χ1) is 9.58. The normalized spacial score (nSPS) is 12.7. The summed E-state index contributed by atoms with van der Waals surface area (Å²) >= 11 is 3.29. The molecule has 0 radical (unpaired) electrons. The Morgan fingerprint density at radius 3 is 2.52 bits per heavy atom. The topological polar surface area (TPSA) is 62.3 Å². The van der Waals surface area contributed by atoms with Crippen molar-refractivity contribution >= 4 is 31.8 Å². The van der Waals surface area contributed by atoms with Crippen LogP contribution in [0.1, 0.15) is 34.1 Å². The van der Waals surface area contributed by atoms with E-state index in [1.165, 1.54) is 4.31 Å². The molecule has 0 aliphatic carbocycles. The SMILES string of the molecule is CCCNc1ncc(Br)cc1S(=O)(=O)N(C)CC(C)(C)C. The number of halogens is 1. The predicted octanol–water partition coefficient (Wildman–Crippen LogP) is 3.33. The molecular weight excluding hydrogens is 354 g/mol. The van der Waals surface area contributed by atoms with Gasteiger partial charge in [-0.05, 0) is 33.8 Å². The Morgan fingerprint density at radius 2 is 2.00 bits per heavy atom. The van der Waals surface area contributed by atoms with Crippen molar-refractivity contribution in [1.29, 1.82) is 0 Å². The third-order valence-electron chi connectivity index (χ3n) is 2.75. The van der Waals surface area contributed by atoms with Gasteiger partial charge in [-0.3, -0.25) is 0 Å². The van der Waals surface area contributed by atoms with E-state index in [-0.39, 0.29) is 10.3 Å². The Balaban J connectivity index is 3.20. The fourth-order valence-corrected chi connectivity index (χ4v) is 3.94. The van der Waals surface area contributed by atoms with Gasteiger partial charge in [0, 0.05) is 30.8 Å². The van der Waals surface area contributed by atoms with Gasteiger partial charge < -0.3 is 5.32 Å². The minimum atomic E-state index is -3.58. The van der Waals surface area contributed by atoms with Crippen LogP contribution >= 0.6 is 15.9 Å². The van der Waals surface area contributed by atoms with Crippen molar-refractivity contribution in [3.8, 4) is 0 Å². The molecule has 5 nitrogen and oxygen atoms in total. The highest BCUT2D eigenvalue weighted by Crippen LogP contribution is 2.27. The second kappa shape index (κ2) is 7.07. The van der Waals surface area contributed by atoms with Crippen LogP contribution in [0.25, 0.3) is 0 Å². The molecule has 1 rings (SSSR count). The average molecular weight is 378 g/mol.